The van der Waals surface area contributed by atoms with Crippen molar-refractivity contribution < 1.29 is 9.53 Å². The van der Waals surface area contributed by atoms with Gasteiger partial charge in [0.15, 0.2) is 5.69 Å². The van der Waals surface area contributed by atoms with E-state index in [4.69, 9.17) is 4.74 Å². The monoisotopic (exact) mass is 321 g/mol. The molecule has 1 aromatic heterocycles. The summed E-state index contributed by atoms with van der Waals surface area (Å²) in [5.41, 5.74) is 1.24. The van der Waals surface area contributed by atoms with Crippen molar-refractivity contribution in [1.82, 2.24) is 15.5 Å². The van der Waals surface area contributed by atoms with E-state index in [9.17, 15) is 4.79 Å². The van der Waals surface area contributed by atoms with Crippen LogP contribution in [0, 0.1) is 6.92 Å². The van der Waals surface area contributed by atoms with Gasteiger partial charge in [0.2, 0.25) is 5.88 Å². The molecule has 1 aromatic carbocycles. The average Bonchev–Trinajstić information content (AvgIpc) is 2.43. The van der Waals surface area contributed by atoms with Crippen LogP contribution in [-0.2, 0) is 0 Å². The minimum Gasteiger partial charge on any atom is -0.437 e. The van der Waals surface area contributed by atoms with Gasteiger partial charge in [0, 0.05) is 17.6 Å². The SMILES string of the molecule is CNC(=O)c1ccc(Oc2cc(Br)ccc2C)nn1. The zero-order valence-electron chi connectivity index (χ0n) is 10.5. The Morgan fingerprint density at radius 1 is 1.26 bits per heavy atom. The van der Waals surface area contributed by atoms with Crippen LogP contribution < -0.4 is 10.1 Å². The van der Waals surface area contributed by atoms with Crippen LogP contribution in [0.15, 0.2) is 34.8 Å². The summed E-state index contributed by atoms with van der Waals surface area (Å²) in [4.78, 5) is 11.3. The second-order valence-corrected chi connectivity index (χ2v) is 4.76. The molecule has 5 nitrogen and oxygen atoms in total. The van der Waals surface area contributed by atoms with Gasteiger partial charge in [-0.3, -0.25) is 4.79 Å². The molecule has 0 saturated carbocycles. The Morgan fingerprint density at radius 3 is 2.68 bits per heavy atom. The summed E-state index contributed by atoms with van der Waals surface area (Å²) in [6.07, 6.45) is 0. The summed E-state index contributed by atoms with van der Waals surface area (Å²) in [6.45, 7) is 1.94. The number of halogens is 1. The molecule has 19 heavy (non-hydrogen) atoms. The van der Waals surface area contributed by atoms with Crippen LogP contribution in [-0.4, -0.2) is 23.2 Å². The fourth-order valence-electron chi connectivity index (χ4n) is 1.42. The van der Waals surface area contributed by atoms with Crippen molar-refractivity contribution in [1.29, 1.82) is 0 Å². The van der Waals surface area contributed by atoms with Gasteiger partial charge < -0.3 is 10.1 Å². The van der Waals surface area contributed by atoms with E-state index >= 15 is 0 Å². The van der Waals surface area contributed by atoms with Gasteiger partial charge in [-0.05, 0) is 30.7 Å². The van der Waals surface area contributed by atoms with Crippen molar-refractivity contribution in [3.63, 3.8) is 0 Å². The van der Waals surface area contributed by atoms with Gasteiger partial charge >= 0.3 is 0 Å². The number of hydrogen-bond donors (Lipinski definition) is 1. The lowest BCUT2D eigenvalue weighted by molar-refractivity contribution is 0.0957. The summed E-state index contributed by atoms with van der Waals surface area (Å²) >= 11 is 3.38. The zero-order valence-corrected chi connectivity index (χ0v) is 12.1. The number of aryl methyl sites for hydroxylation is 1. The first-order valence-electron chi connectivity index (χ1n) is 5.60. The molecule has 0 fully saturated rings. The van der Waals surface area contributed by atoms with Gasteiger partial charge in [0.05, 0.1) is 0 Å². The molecule has 0 aliphatic carbocycles. The fourth-order valence-corrected chi connectivity index (χ4v) is 1.76. The lowest BCUT2D eigenvalue weighted by Crippen LogP contribution is -2.19. The van der Waals surface area contributed by atoms with Crippen LogP contribution in [0.3, 0.4) is 0 Å². The first kappa shape index (κ1) is 13.5. The predicted octanol–water partition coefficient (Wildman–Crippen LogP) is 2.70. The van der Waals surface area contributed by atoms with Crippen LogP contribution in [0.5, 0.6) is 11.6 Å². The Morgan fingerprint density at radius 2 is 2.05 bits per heavy atom. The largest absolute Gasteiger partial charge is 0.437 e. The van der Waals surface area contributed by atoms with Crippen molar-refractivity contribution in [3.05, 3.63) is 46.1 Å². The molecule has 0 spiro atoms. The Balaban J connectivity index is 2.19. The van der Waals surface area contributed by atoms with Gasteiger partial charge in [-0.25, -0.2) is 0 Å². The van der Waals surface area contributed by atoms with Gasteiger partial charge in [0.25, 0.3) is 5.91 Å². The third-order valence-corrected chi connectivity index (χ3v) is 2.96. The first-order chi connectivity index (χ1) is 9.10. The summed E-state index contributed by atoms with van der Waals surface area (Å²) in [5, 5.41) is 10.1. The number of carbonyl (C=O) groups excluding carboxylic acids is 1. The van der Waals surface area contributed by atoms with E-state index in [1.54, 1.807) is 19.2 Å². The highest BCUT2D eigenvalue weighted by atomic mass is 79.9. The standard InChI is InChI=1S/C13H12BrN3O2/c1-8-3-4-9(14)7-11(8)19-12-6-5-10(16-17-12)13(18)15-2/h3-7H,1-2H3,(H,15,18). The molecule has 0 aliphatic rings. The molecule has 0 atom stereocenters. The summed E-state index contributed by atoms with van der Waals surface area (Å²) in [5.74, 6) is 0.753. The van der Waals surface area contributed by atoms with Crippen molar-refractivity contribution in [3.8, 4) is 11.6 Å². The predicted molar refractivity (Wildman–Crippen MR) is 74.4 cm³/mol. The van der Waals surface area contributed by atoms with Gasteiger partial charge in [-0.2, -0.15) is 0 Å². The minimum atomic E-state index is -0.280. The minimum absolute atomic E-state index is 0.251. The Bertz CT molecular complexity index is 599. The molecular weight excluding hydrogens is 310 g/mol. The Hall–Kier alpha value is -1.95. The number of nitrogens with zero attached hydrogens (tertiary/aromatic N) is 2. The molecule has 0 aliphatic heterocycles. The molecule has 0 saturated heterocycles. The smallest absolute Gasteiger partial charge is 0.271 e. The van der Waals surface area contributed by atoms with Crippen LogP contribution in [0.2, 0.25) is 0 Å². The second kappa shape index (κ2) is 5.79. The van der Waals surface area contributed by atoms with E-state index in [1.165, 1.54) is 0 Å². The van der Waals surface area contributed by atoms with Crippen molar-refractivity contribution in [2.24, 2.45) is 0 Å². The molecule has 2 rings (SSSR count). The molecule has 0 unspecified atom stereocenters. The normalized spacial score (nSPS) is 10.1. The van der Waals surface area contributed by atoms with E-state index in [2.05, 4.69) is 31.4 Å². The molecule has 2 aromatic rings. The molecule has 6 heteroatoms. The van der Waals surface area contributed by atoms with E-state index < -0.39 is 0 Å². The molecular formula is C13H12BrN3O2. The number of nitrogens with one attached hydrogen (secondary N) is 1. The van der Waals surface area contributed by atoms with Crippen molar-refractivity contribution in [2.75, 3.05) is 7.05 Å². The van der Waals surface area contributed by atoms with Crippen LogP contribution >= 0.6 is 15.9 Å². The highest BCUT2D eigenvalue weighted by Crippen LogP contribution is 2.26. The lowest BCUT2D eigenvalue weighted by Gasteiger charge is -2.07. The maximum atomic E-state index is 11.3. The molecule has 1 N–H and O–H groups in total. The zero-order chi connectivity index (χ0) is 13.8. The number of rotatable bonds is 3. The molecule has 0 radical (unpaired) electrons. The van der Waals surface area contributed by atoms with Crippen LogP contribution in [0.4, 0.5) is 0 Å². The highest BCUT2D eigenvalue weighted by Gasteiger charge is 2.07. The quantitative estimate of drug-likeness (QED) is 0.944. The van der Waals surface area contributed by atoms with Gasteiger partial charge in [-0.1, -0.05) is 22.0 Å². The summed E-state index contributed by atoms with van der Waals surface area (Å²) < 4.78 is 6.54. The van der Waals surface area contributed by atoms with E-state index in [0.717, 1.165) is 10.0 Å². The van der Waals surface area contributed by atoms with Crippen LogP contribution in [0.25, 0.3) is 0 Å². The third kappa shape index (κ3) is 3.29. The Labute approximate surface area is 119 Å². The summed E-state index contributed by atoms with van der Waals surface area (Å²) in [6, 6.07) is 8.89. The van der Waals surface area contributed by atoms with Gasteiger partial charge in [0.1, 0.15) is 5.75 Å². The second-order valence-electron chi connectivity index (χ2n) is 3.85. The van der Waals surface area contributed by atoms with Gasteiger partial charge in [-0.15, -0.1) is 10.2 Å². The maximum Gasteiger partial charge on any atom is 0.271 e. The highest BCUT2D eigenvalue weighted by molar-refractivity contribution is 9.10. The topological polar surface area (TPSA) is 64.1 Å². The first-order valence-corrected chi connectivity index (χ1v) is 6.39. The Kier molecular flexibility index (Phi) is 4.11. The van der Waals surface area contributed by atoms with Crippen LogP contribution in [0.1, 0.15) is 16.1 Å². The number of aromatic nitrogens is 2. The lowest BCUT2D eigenvalue weighted by atomic mass is 10.2. The maximum absolute atomic E-state index is 11.3. The average molecular weight is 322 g/mol. The van der Waals surface area contributed by atoms with E-state index in [1.807, 2.05) is 25.1 Å². The molecule has 0 bridgehead atoms. The number of ether oxygens (including phenoxy) is 1. The van der Waals surface area contributed by atoms with Crippen molar-refractivity contribution in [2.45, 2.75) is 6.92 Å². The summed E-state index contributed by atoms with van der Waals surface area (Å²) in [7, 11) is 1.54. The van der Waals surface area contributed by atoms with Crippen molar-refractivity contribution >= 4 is 21.8 Å². The molecule has 1 amide bonds. The van der Waals surface area contributed by atoms with E-state index in [-0.39, 0.29) is 11.6 Å². The number of carbonyl (C=O) groups is 1. The number of hydrogen-bond acceptors (Lipinski definition) is 4. The third-order valence-electron chi connectivity index (χ3n) is 2.46. The fraction of sp³-hybridized carbons (Fsp3) is 0.154. The number of benzene rings is 1. The molecule has 1 heterocycles. The number of amides is 1. The molecule has 98 valence electrons. The van der Waals surface area contributed by atoms with E-state index in [0.29, 0.717) is 11.6 Å².